The van der Waals surface area contributed by atoms with Crippen molar-refractivity contribution in [2.24, 2.45) is 0 Å². The number of fused-ring (bicyclic) bond motifs is 11. The molecule has 8 aliphatic heterocycles. The summed E-state index contributed by atoms with van der Waals surface area (Å²) in [6.07, 6.45) is -5.81. The first-order valence-electron chi connectivity index (χ1n) is 14.9. The van der Waals surface area contributed by atoms with Crippen LogP contribution in [0.4, 0.5) is 11.4 Å². The van der Waals surface area contributed by atoms with Crippen molar-refractivity contribution in [3.8, 4) is 0 Å². The van der Waals surface area contributed by atoms with Crippen molar-refractivity contribution < 1.29 is 34.2 Å². The molecule has 0 saturated carbocycles. The minimum absolute atomic E-state index is 0.258. The first-order valence-corrected chi connectivity index (χ1v) is 18.9. The normalized spacial score (nSPS) is 42.1. The van der Waals surface area contributed by atoms with Gasteiger partial charge in [-0.1, -0.05) is 47.2 Å². The number of aliphatic hydroxyl groups excluding tert-OH is 2. The summed E-state index contributed by atoms with van der Waals surface area (Å²) in [6, 6.07) is 14.2. The maximum Gasteiger partial charge on any atom is 0.271 e. The van der Waals surface area contributed by atoms with Gasteiger partial charge in [0, 0.05) is 25.5 Å². The fourth-order valence-corrected chi connectivity index (χ4v) is 15.2. The number of likely N-dealkylation sites (N-methyl/N-ethyl adjacent to an activating group) is 2. The average molecular weight is 713 g/mol. The van der Waals surface area contributed by atoms with Gasteiger partial charge in [0.15, 0.2) is 5.78 Å². The van der Waals surface area contributed by atoms with Crippen LogP contribution in [0.5, 0.6) is 0 Å². The third kappa shape index (κ3) is 2.67. The lowest BCUT2D eigenvalue weighted by Crippen LogP contribution is -2.79. The van der Waals surface area contributed by atoms with Gasteiger partial charge in [-0.05, 0) is 51.8 Å². The number of Topliss-reactive ketones (excluding diaryl/α,β-unsaturated/α-hetero) is 1. The van der Waals surface area contributed by atoms with Gasteiger partial charge >= 0.3 is 0 Å². The maximum atomic E-state index is 14.8. The number of nitrogens with zero attached hydrogens (tertiary/aromatic N) is 4. The molecular formula is C30H28N6O7S4. The second kappa shape index (κ2) is 8.92. The van der Waals surface area contributed by atoms with Gasteiger partial charge in [-0.25, -0.2) is 0 Å². The van der Waals surface area contributed by atoms with Crippen LogP contribution in [0.25, 0.3) is 0 Å². The number of hydrogen-bond donors (Lipinski definition) is 5. The number of rotatable bonds is 3. The van der Waals surface area contributed by atoms with Gasteiger partial charge in [-0.3, -0.25) is 33.8 Å². The van der Waals surface area contributed by atoms with E-state index in [1.807, 2.05) is 0 Å². The SMILES string of the molecule is CC(=O)C12SSC3(C(=O)N1C)C(O)C1(C45c6ccccc6NC4N4C(=O)CN(C)C(=O)C4(SS)C5O)c4ccccc4NC1N3C2=O. The highest BCUT2D eigenvalue weighted by molar-refractivity contribution is 8.78. The molecule has 2 aromatic carbocycles. The molecule has 10 rings (SSSR count). The molecule has 0 aromatic heterocycles. The molecule has 244 valence electrons. The van der Waals surface area contributed by atoms with E-state index in [0.29, 0.717) is 22.5 Å². The zero-order chi connectivity index (χ0) is 33.2. The second-order valence-corrected chi connectivity index (χ2v) is 16.9. The molecule has 6 saturated heterocycles. The number of ketones is 1. The van der Waals surface area contributed by atoms with Crippen LogP contribution >= 0.6 is 44.0 Å². The van der Waals surface area contributed by atoms with Crippen molar-refractivity contribution in [3.63, 3.8) is 0 Å². The number of aliphatic hydroxyl groups is 2. The lowest BCUT2D eigenvalue weighted by atomic mass is 9.52. The minimum atomic E-state index is -1.96. The molecule has 9 unspecified atom stereocenters. The van der Waals surface area contributed by atoms with Crippen LogP contribution in [0.15, 0.2) is 48.5 Å². The van der Waals surface area contributed by atoms with E-state index in [0.717, 1.165) is 37.3 Å². The van der Waals surface area contributed by atoms with Gasteiger partial charge in [0.2, 0.25) is 20.5 Å². The smallest absolute Gasteiger partial charge is 0.271 e. The van der Waals surface area contributed by atoms with Crippen molar-refractivity contribution in [1.82, 2.24) is 19.6 Å². The Morgan fingerprint density at radius 1 is 0.851 bits per heavy atom. The van der Waals surface area contributed by atoms with Crippen molar-refractivity contribution in [2.45, 2.75) is 56.9 Å². The van der Waals surface area contributed by atoms with Gasteiger partial charge in [0.25, 0.3) is 17.7 Å². The highest BCUT2D eigenvalue weighted by Gasteiger charge is 2.92. The van der Waals surface area contributed by atoms with E-state index in [4.69, 9.17) is 0 Å². The Morgan fingerprint density at radius 2 is 1.40 bits per heavy atom. The van der Waals surface area contributed by atoms with Gasteiger partial charge in [-0.15, -0.1) is 11.7 Å². The standard InChI is InChI=1S/C30H28N6O7S4/c1-13(37)28-25(43)36-22-27(15-9-5-7-11-17(15)32-22,20(40)30(36,47-46-28)24(42)34(28)3)26-14-8-4-6-10-16(14)31-21(26)35-18(38)12-33(2)23(41)29(35,45-44)19(26)39/h4-11,19-22,31-32,39-40,44H,12H2,1-3H3. The lowest BCUT2D eigenvalue weighted by Gasteiger charge is -2.57. The molecule has 2 bridgehead atoms. The van der Waals surface area contributed by atoms with Crippen molar-refractivity contribution in [3.05, 3.63) is 59.7 Å². The van der Waals surface area contributed by atoms with Crippen molar-refractivity contribution in [1.29, 1.82) is 0 Å². The summed E-state index contributed by atoms with van der Waals surface area (Å²) in [5.41, 5.74) is -1.47. The van der Waals surface area contributed by atoms with E-state index in [9.17, 15) is 34.2 Å². The van der Waals surface area contributed by atoms with Crippen LogP contribution in [0.1, 0.15) is 18.1 Å². The summed E-state index contributed by atoms with van der Waals surface area (Å²) < 4.78 is 0. The molecule has 13 nitrogen and oxygen atoms in total. The minimum Gasteiger partial charge on any atom is -0.388 e. The number of anilines is 2. The van der Waals surface area contributed by atoms with Crippen LogP contribution in [-0.2, 0) is 34.8 Å². The molecule has 6 fully saturated rings. The Balaban J connectivity index is 1.43. The Hall–Kier alpha value is -3.09. The molecule has 4 amide bonds. The number of carbonyl (C=O) groups is 5. The number of carbonyl (C=O) groups excluding carboxylic acids is 5. The van der Waals surface area contributed by atoms with Gasteiger partial charge < -0.3 is 30.6 Å². The molecule has 8 heterocycles. The maximum absolute atomic E-state index is 14.8. The van der Waals surface area contributed by atoms with Crippen LogP contribution in [0.3, 0.4) is 0 Å². The fraction of sp³-hybridized carbons (Fsp3) is 0.433. The Labute approximate surface area is 285 Å². The number of nitrogens with one attached hydrogen (secondary N) is 2. The van der Waals surface area contributed by atoms with Crippen LogP contribution in [0, 0.1) is 0 Å². The number of para-hydroxylation sites is 2. The van der Waals surface area contributed by atoms with Crippen LogP contribution in [0.2, 0.25) is 0 Å². The zero-order valence-corrected chi connectivity index (χ0v) is 28.4. The highest BCUT2D eigenvalue weighted by Crippen LogP contribution is 2.76. The first-order chi connectivity index (χ1) is 22.4. The fourth-order valence-electron chi connectivity index (χ4n) is 9.77. The molecule has 8 aliphatic rings. The van der Waals surface area contributed by atoms with Crippen LogP contribution < -0.4 is 10.6 Å². The molecule has 2 aromatic rings. The predicted octanol–water partition coefficient (Wildman–Crippen LogP) is 0.367. The number of thiol groups is 1. The number of piperazine rings is 2. The largest absolute Gasteiger partial charge is 0.388 e. The van der Waals surface area contributed by atoms with Crippen molar-refractivity contribution >= 4 is 84.8 Å². The molecule has 0 aliphatic carbocycles. The zero-order valence-electron chi connectivity index (χ0n) is 25.0. The van der Waals surface area contributed by atoms with Gasteiger partial charge in [-0.2, -0.15) is 0 Å². The molecular weight excluding hydrogens is 685 g/mol. The molecule has 0 radical (unpaired) electrons. The van der Waals surface area contributed by atoms with Crippen LogP contribution in [-0.4, -0.2) is 119 Å². The highest BCUT2D eigenvalue weighted by atomic mass is 33.1. The quantitative estimate of drug-likeness (QED) is 0.169. The lowest BCUT2D eigenvalue weighted by molar-refractivity contribution is -0.169. The summed E-state index contributed by atoms with van der Waals surface area (Å²) in [4.78, 5) is 70.4. The monoisotopic (exact) mass is 712 g/mol. The van der Waals surface area contributed by atoms with E-state index in [1.54, 1.807) is 48.5 Å². The Morgan fingerprint density at radius 3 is 1.98 bits per heavy atom. The molecule has 17 heteroatoms. The molecule has 4 N–H and O–H groups in total. The predicted molar refractivity (Wildman–Crippen MR) is 178 cm³/mol. The van der Waals surface area contributed by atoms with Gasteiger partial charge in [0.05, 0.1) is 17.4 Å². The second-order valence-electron chi connectivity index (χ2n) is 13.0. The third-order valence-corrected chi connectivity index (χ3v) is 16.9. The summed E-state index contributed by atoms with van der Waals surface area (Å²) in [5.74, 6) is -2.87. The number of hydrogen-bond acceptors (Lipinski definition) is 13. The van der Waals surface area contributed by atoms with E-state index in [-0.39, 0.29) is 6.54 Å². The number of amides is 4. The first kappa shape index (κ1) is 30.0. The third-order valence-electron chi connectivity index (χ3n) is 11.5. The van der Waals surface area contributed by atoms with E-state index < -0.39 is 79.4 Å². The van der Waals surface area contributed by atoms with E-state index >= 15 is 0 Å². The topological polar surface area (TPSA) is 163 Å². The summed E-state index contributed by atoms with van der Waals surface area (Å²) in [7, 11) is 5.50. The Bertz CT molecular complexity index is 1900. The van der Waals surface area contributed by atoms with E-state index in [1.165, 1.54) is 35.7 Å². The molecule has 9 atom stereocenters. The summed E-state index contributed by atoms with van der Waals surface area (Å²) >= 11 is 4.53. The van der Waals surface area contributed by atoms with Gasteiger partial charge in [0.1, 0.15) is 24.5 Å². The average Bonchev–Trinajstić information content (AvgIpc) is 3.70. The molecule has 47 heavy (non-hydrogen) atoms. The summed E-state index contributed by atoms with van der Waals surface area (Å²) in [6.45, 7) is 1.00. The Kier molecular flexibility index (Phi) is 5.70. The summed E-state index contributed by atoms with van der Waals surface area (Å²) in [5, 5.41) is 33.3. The van der Waals surface area contributed by atoms with E-state index in [2.05, 4.69) is 22.3 Å². The van der Waals surface area contributed by atoms with Crippen molar-refractivity contribution in [2.75, 3.05) is 31.3 Å². The molecule has 1 spiro atoms. The number of benzene rings is 2.